The second-order valence-electron chi connectivity index (χ2n) is 5.53. The van der Waals surface area contributed by atoms with E-state index >= 15 is 0 Å². The van der Waals surface area contributed by atoms with Gasteiger partial charge in [0, 0.05) is 12.5 Å². The van der Waals surface area contributed by atoms with Gasteiger partial charge in [-0.3, -0.25) is 0 Å². The number of hydrogen-bond donors (Lipinski definition) is 1. The molecule has 1 N–H and O–H groups in total. The van der Waals surface area contributed by atoms with Crippen molar-refractivity contribution in [1.29, 1.82) is 0 Å². The van der Waals surface area contributed by atoms with Crippen LogP contribution in [0.2, 0.25) is 0 Å². The number of aliphatic hydroxyl groups is 1. The summed E-state index contributed by atoms with van der Waals surface area (Å²) in [5.74, 6) is 0.261. The first kappa shape index (κ1) is 12.1. The summed E-state index contributed by atoms with van der Waals surface area (Å²) in [4.78, 5) is 13.0. The highest BCUT2D eigenvalue weighted by atomic mass is 16.3. The highest BCUT2D eigenvalue weighted by Gasteiger charge is 2.32. The Hall–Kier alpha value is -0.410. The van der Waals surface area contributed by atoms with Crippen molar-refractivity contribution in [3.8, 4) is 0 Å². The summed E-state index contributed by atoms with van der Waals surface area (Å²) in [6.07, 6.45) is 8.56. The van der Waals surface area contributed by atoms with E-state index in [4.69, 9.17) is 0 Å². The van der Waals surface area contributed by atoms with E-state index < -0.39 is 5.60 Å². The second-order valence-corrected chi connectivity index (χ2v) is 5.53. The van der Waals surface area contributed by atoms with Gasteiger partial charge in [-0.1, -0.05) is 19.3 Å². The SMILES string of the molecule is O=CC1CCN(CC2(O)CCCCC2)CC1. The number of hydrogen-bond acceptors (Lipinski definition) is 3. The Labute approximate surface area is 97.8 Å². The molecule has 0 spiro atoms. The van der Waals surface area contributed by atoms with Crippen molar-refractivity contribution in [2.75, 3.05) is 19.6 Å². The maximum Gasteiger partial charge on any atom is 0.123 e. The number of β-amino-alcohol motifs (C(OH)–C–C–N with tert-alkyl or cyclic N) is 1. The Morgan fingerprint density at radius 2 is 1.81 bits per heavy atom. The van der Waals surface area contributed by atoms with Crippen LogP contribution in [0.15, 0.2) is 0 Å². The van der Waals surface area contributed by atoms with Crippen LogP contribution in [0.1, 0.15) is 44.9 Å². The van der Waals surface area contributed by atoms with E-state index in [1.165, 1.54) is 19.3 Å². The average Bonchev–Trinajstić information content (AvgIpc) is 2.30. The van der Waals surface area contributed by atoms with Gasteiger partial charge in [-0.05, 0) is 38.8 Å². The molecule has 0 aromatic carbocycles. The molecule has 0 amide bonds. The van der Waals surface area contributed by atoms with Crippen molar-refractivity contribution in [2.45, 2.75) is 50.5 Å². The zero-order valence-corrected chi connectivity index (χ0v) is 10.0. The minimum atomic E-state index is -0.438. The molecule has 0 unspecified atom stereocenters. The summed E-state index contributed by atoms with van der Waals surface area (Å²) < 4.78 is 0. The van der Waals surface area contributed by atoms with Gasteiger partial charge in [-0.2, -0.15) is 0 Å². The largest absolute Gasteiger partial charge is 0.389 e. The fourth-order valence-corrected chi connectivity index (χ4v) is 3.03. The molecule has 16 heavy (non-hydrogen) atoms. The quantitative estimate of drug-likeness (QED) is 0.742. The lowest BCUT2D eigenvalue weighted by Crippen LogP contribution is -2.47. The van der Waals surface area contributed by atoms with Crippen LogP contribution >= 0.6 is 0 Å². The van der Waals surface area contributed by atoms with Gasteiger partial charge in [0.15, 0.2) is 0 Å². The lowest BCUT2D eigenvalue weighted by molar-refractivity contribution is -0.112. The van der Waals surface area contributed by atoms with Crippen LogP contribution in [0.5, 0.6) is 0 Å². The number of aldehydes is 1. The van der Waals surface area contributed by atoms with Gasteiger partial charge < -0.3 is 14.8 Å². The molecule has 3 nitrogen and oxygen atoms in total. The standard InChI is InChI=1S/C13H23NO2/c15-10-12-4-8-14(9-5-12)11-13(16)6-2-1-3-7-13/h10,12,16H,1-9,11H2. The molecule has 1 saturated carbocycles. The third kappa shape index (κ3) is 3.05. The summed E-state index contributed by atoms with van der Waals surface area (Å²) in [5.41, 5.74) is -0.438. The Morgan fingerprint density at radius 3 is 2.38 bits per heavy atom. The summed E-state index contributed by atoms with van der Waals surface area (Å²) in [6.45, 7) is 2.77. The van der Waals surface area contributed by atoms with Crippen LogP contribution in [0.4, 0.5) is 0 Å². The van der Waals surface area contributed by atoms with Crippen molar-refractivity contribution >= 4 is 6.29 Å². The molecule has 2 aliphatic rings. The first-order valence-corrected chi connectivity index (χ1v) is 6.62. The molecule has 1 aliphatic heterocycles. The van der Waals surface area contributed by atoms with E-state index in [2.05, 4.69) is 4.90 Å². The molecule has 0 radical (unpaired) electrons. The molecule has 0 aromatic heterocycles. The fraction of sp³-hybridized carbons (Fsp3) is 0.923. The predicted octanol–water partition coefficient (Wildman–Crippen LogP) is 1.59. The first-order chi connectivity index (χ1) is 7.72. The van der Waals surface area contributed by atoms with E-state index in [-0.39, 0.29) is 5.92 Å². The summed E-state index contributed by atoms with van der Waals surface area (Å²) in [5, 5.41) is 10.4. The van der Waals surface area contributed by atoms with Gasteiger partial charge in [0.2, 0.25) is 0 Å². The third-order valence-corrected chi connectivity index (χ3v) is 4.13. The van der Waals surface area contributed by atoms with E-state index in [9.17, 15) is 9.90 Å². The molecule has 0 aromatic rings. The summed E-state index contributed by atoms with van der Waals surface area (Å²) >= 11 is 0. The van der Waals surface area contributed by atoms with Crippen LogP contribution < -0.4 is 0 Å². The average molecular weight is 225 g/mol. The van der Waals surface area contributed by atoms with Crippen molar-refractivity contribution in [3.63, 3.8) is 0 Å². The van der Waals surface area contributed by atoms with E-state index in [0.717, 1.165) is 51.6 Å². The zero-order chi connectivity index (χ0) is 11.4. The van der Waals surface area contributed by atoms with Gasteiger partial charge in [-0.15, -0.1) is 0 Å². The molecule has 1 saturated heterocycles. The van der Waals surface area contributed by atoms with Crippen LogP contribution in [0, 0.1) is 5.92 Å². The molecule has 0 bridgehead atoms. The van der Waals surface area contributed by atoms with Crippen LogP contribution in [0.3, 0.4) is 0 Å². The topological polar surface area (TPSA) is 40.5 Å². The smallest absolute Gasteiger partial charge is 0.123 e. The van der Waals surface area contributed by atoms with E-state index in [1.807, 2.05) is 0 Å². The Morgan fingerprint density at radius 1 is 1.19 bits per heavy atom. The molecule has 0 atom stereocenters. The molecule has 3 heteroatoms. The zero-order valence-electron chi connectivity index (χ0n) is 10.0. The highest BCUT2D eigenvalue weighted by Crippen LogP contribution is 2.29. The van der Waals surface area contributed by atoms with Crippen LogP contribution in [0.25, 0.3) is 0 Å². The van der Waals surface area contributed by atoms with Gasteiger partial charge in [0.25, 0.3) is 0 Å². The van der Waals surface area contributed by atoms with Crippen LogP contribution in [-0.4, -0.2) is 41.5 Å². The lowest BCUT2D eigenvalue weighted by atomic mass is 9.84. The van der Waals surface area contributed by atoms with Crippen molar-refractivity contribution in [1.82, 2.24) is 4.90 Å². The highest BCUT2D eigenvalue weighted by molar-refractivity contribution is 5.53. The van der Waals surface area contributed by atoms with Crippen LogP contribution in [-0.2, 0) is 4.79 Å². The van der Waals surface area contributed by atoms with Crippen molar-refractivity contribution < 1.29 is 9.90 Å². The first-order valence-electron chi connectivity index (χ1n) is 6.62. The van der Waals surface area contributed by atoms with Gasteiger partial charge in [0.05, 0.1) is 5.60 Å². The number of likely N-dealkylation sites (tertiary alicyclic amines) is 1. The monoisotopic (exact) mass is 225 g/mol. The molecule has 2 rings (SSSR count). The fourth-order valence-electron chi connectivity index (χ4n) is 3.03. The summed E-state index contributed by atoms with van der Waals surface area (Å²) in [7, 11) is 0. The Bertz CT molecular complexity index is 228. The molecule has 92 valence electrons. The maximum absolute atomic E-state index is 10.7. The molecule has 1 heterocycles. The maximum atomic E-state index is 10.7. The minimum Gasteiger partial charge on any atom is -0.389 e. The molecule has 2 fully saturated rings. The van der Waals surface area contributed by atoms with Gasteiger partial charge in [0.1, 0.15) is 6.29 Å². The molecule has 1 aliphatic carbocycles. The van der Waals surface area contributed by atoms with Crippen molar-refractivity contribution in [3.05, 3.63) is 0 Å². The van der Waals surface area contributed by atoms with Crippen molar-refractivity contribution in [2.24, 2.45) is 5.92 Å². The Balaban J connectivity index is 1.79. The number of carbonyl (C=O) groups excluding carboxylic acids is 1. The lowest BCUT2D eigenvalue weighted by Gasteiger charge is -2.39. The number of rotatable bonds is 3. The normalized spacial score (nSPS) is 27.8. The second kappa shape index (κ2) is 5.28. The number of carbonyl (C=O) groups is 1. The third-order valence-electron chi connectivity index (χ3n) is 4.13. The van der Waals surface area contributed by atoms with E-state index in [0.29, 0.717) is 0 Å². The molecular weight excluding hydrogens is 202 g/mol. The minimum absolute atomic E-state index is 0.261. The predicted molar refractivity (Wildman–Crippen MR) is 63.3 cm³/mol. The van der Waals surface area contributed by atoms with Gasteiger partial charge >= 0.3 is 0 Å². The van der Waals surface area contributed by atoms with E-state index in [1.54, 1.807) is 0 Å². The summed E-state index contributed by atoms with van der Waals surface area (Å²) in [6, 6.07) is 0. The number of nitrogens with zero attached hydrogens (tertiary/aromatic N) is 1. The van der Waals surface area contributed by atoms with Gasteiger partial charge in [-0.25, -0.2) is 0 Å². The number of piperidine rings is 1. The molecular formula is C13H23NO2. The Kier molecular flexibility index (Phi) is 3.98.